The average Bonchev–Trinajstić information content (AvgIpc) is 2.97. The summed E-state index contributed by atoms with van der Waals surface area (Å²) in [5, 5.41) is 0. The number of nitrogens with zero attached hydrogens (tertiary/aromatic N) is 3. The minimum Gasteiger partial charge on any atom is -0.494 e. The van der Waals surface area contributed by atoms with Gasteiger partial charge in [-0.15, -0.1) is 0 Å². The number of piperazine rings is 1. The summed E-state index contributed by atoms with van der Waals surface area (Å²) in [7, 11) is 1.57. The Balaban J connectivity index is 1.94. The molecule has 0 spiro atoms. The van der Waals surface area contributed by atoms with Crippen LogP contribution in [0.4, 0.5) is 0 Å². The molecule has 0 aromatic heterocycles. The highest BCUT2D eigenvalue weighted by Gasteiger charge is 2.41. The van der Waals surface area contributed by atoms with Gasteiger partial charge in [0.15, 0.2) is 0 Å². The molecule has 28 heavy (non-hydrogen) atoms. The molecule has 0 N–H and O–H groups in total. The second-order valence-corrected chi connectivity index (χ2v) is 6.86. The second-order valence-electron chi connectivity index (χ2n) is 6.86. The SMILES string of the molecule is CCOc1ccc(C2=C(N3CCN(CC)CC3)C(=O)N(CCOC)C2=O)cc1. The van der Waals surface area contributed by atoms with Crippen LogP contribution in [0.1, 0.15) is 19.4 Å². The smallest absolute Gasteiger partial charge is 0.277 e. The molecular weight excluding hydrogens is 358 g/mol. The standard InChI is InChI=1S/C21H29N3O4/c1-4-22-10-12-23(13-11-22)19-18(16-6-8-17(9-7-16)28-5-2)20(25)24(21(19)26)14-15-27-3/h6-9H,4-5,10-15H2,1-3H3. The van der Waals surface area contributed by atoms with Crippen LogP contribution in [0.5, 0.6) is 5.75 Å². The van der Waals surface area contributed by atoms with Crippen LogP contribution in [-0.4, -0.2) is 86.1 Å². The van der Waals surface area contributed by atoms with Crippen LogP contribution in [0.3, 0.4) is 0 Å². The number of rotatable bonds is 8. The lowest BCUT2D eigenvalue weighted by Crippen LogP contribution is -2.47. The van der Waals surface area contributed by atoms with E-state index in [1.54, 1.807) is 7.11 Å². The van der Waals surface area contributed by atoms with Gasteiger partial charge in [0, 0.05) is 33.3 Å². The van der Waals surface area contributed by atoms with Gasteiger partial charge in [-0.3, -0.25) is 14.5 Å². The second kappa shape index (κ2) is 9.21. The van der Waals surface area contributed by atoms with Gasteiger partial charge in [-0.1, -0.05) is 19.1 Å². The van der Waals surface area contributed by atoms with E-state index >= 15 is 0 Å². The van der Waals surface area contributed by atoms with Gasteiger partial charge in [0.05, 0.1) is 25.3 Å². The van der Waals surface area contributed by atoms with E-state index in [9.17, 15) is 9.59 Å². The number of carbonyl (C=O) groups is 2. The molecule has 0 radical (unpaired) electrons. The summed E-state index contributed by atoms with van der Waals surface area (Å²) in [6.45, 7) is 9.46. The van der Waals surface area contributed by atoms with Gasteiger partial charge in [-0.2, -0.15) is 0 Å². The van der Waals surface area contributed by atoms with E-state index in [-0.39, 0.29) is 18.4 Å². The maximum absolute atomic E-state index is 13.1. The molecule has 3 rings (SSSR count). The van der Waals surface area contributed by atoms with E-state index in [0.717, 1.165) is 44.0 Å². The van der Waals surface area contributed by atoms with Crippen LogP contribution in [0.15, 0.2) is 30.0 Å². The van der Waals surface area contributed by atoms with Gasteiger partial charge in [0.1, 0.15) is 11.4 Å². The monoisotopic (exact) mass is 387 g/mol. The molecule has 1 aromatic carbocycles. The first-order valence-corrected chi connectivity index (χ1v) is 9.90. The molecule has 0 bridgehead atoms. The molecule has 152 valence electrons. The van der Waals surface area contributed by atoms with Crippen molar-refractivity contribution in [3.05, 3.63) is 35.5 Å². The molecule has 2 amide bonds. The summed E-state index contributed by atoms with van der Waals surface area (Å²) in [4.78, 5) is 32.0. The molecule has 2 heterocycles. The fourth-order valence-electron chi connectivity index (χ4n) is 3.67. The lowest BCUT2D eigenvalue weighted by Gasteiger charge is -2.36. The van der Waals surface area contributed by atoms with Gasteiger partial charge in [0.2, 0.25) is 0 Å². The summed E-state index contributed by atoms with van der Waals surface area (Å²) in [6, 6.07) is 7.39. The van der Waals surface area contributed by atoms with Crippen molar-refractivity contribution >= 4 is 17.4 Å². The van der Waals surface area contributed by atoms with E-state index in [2.05, 4.69) is 16.7 Å². The van der Waals surface area contributed by atoms with Crippen molar-refractivity contribution in [2.24, 2.45) is 0 Å². The lowest BCUT2D eigenvalue weighted by molar-refractivity contribution is -0.138. The fourth-order valence-corrected chi connectivity index (χ4v) is 3.67. The van der Waals surface area contributed by atoms with Crippen molar-refractivity contribution in [3.8, 4) is 5.75 Å². The third-order valence-electron chi connectivity index (χ3n) is 5.25. The van der Waals surface area contributed by atoms with Crippen molar-refractivity contribution in [1.82, 2.24) is 14.7 Å². The number of imide groups is 1. The number of ether oxygens (including phenoxy) is 2. The Morgan fingerprint density at radius 1 is 0.964 bits per heavy atom. The van der Waals surface area contributed by atoms with E-state index in [1.165, 1.54) is 4.90 Å². The summed E-state index contributed by atoms with van der Waals surface area (Å²) in [5.41, 5.74) is 1.74. The summed E-state index contributed by atoms with van der Waals surface area (Å²) in [5.74, 6) is 0.271. The van der Waals surface area contributed by atoms with Crippen molar-refractivity contribution < 1.29 is 19.1 Å². The zero-order chi connectivity index (χ0) is 20.1. The largest absolute Gasteiger partial charge is 0.494 e. The minimum atomic E-state index is -0.251. The number of hydrogen-bond donors (Lipinski definition) is 0. The Morgan fingerprint density at radius 3 is 2.21 bits per heavy atom. The summed E-state index contributed by atoms with van der Waals surface area (Å²) < 4.78 is 10.6. The highest BCUT2D eigenvalue weighted by molar-refractivity contribution is 6.35. The van der Waals surface area contributed by atoms with Gasteiger partial charge in [-0.25, -0.2) is 0 Å². The Morgan fingerprint density at radius 2 is 1.64 bits per heavy atom. The molecule has 2 aliphatic heterocycles. The molecule has 0 aliphatic carbocycles. The van der Waals surface area contributed by atoms with E-state index < -0.39 is 0 Å². The number of methoxy groups -OCH3 is 1. The number of likely N-dealkylation sites (N-methyl/N-ethyl adjacent to an activating group) is 1. The zero-order valence-electron chi connectivity index (χ0n) is 16.9. The van der Waals surface area contributed by atoms with Crippen LogP contribution < -0.4 is 4.74 Å². The molecule has 1 saturated heterocycles. The molecule has 2 aliphatic rings. The van der Waals surface area contributed by atoms with Gasteiger partial charge < -0.3 is 19.3 Å². The molecule has 1 aromatic rings. The summed E-state index contributed by atoms with van der Waals surface area (Å²) >= 11 is 0. The molecule has 0 unspecified atom stereocenters. The number of carbonyl (C=O) groups excluding carboxylic acids is 2. The maximum atomic E-state index is 13.1. The van der Waals surface area contributed by atoms with Crippen molar-refractivity contribution in [3.63, 3.8) is 0 Å². The maximum Gasteiger partial charge on any atom is 0.277 e. The Kier molecular flexibility index (Phi) is 6.70. The lowest BCUT2D eigenvalue weighted by atomic mass is 10.0. The van der Waals surface area contributed by atoms with E-state index in [1.807, 2.05) is 31.2 Å². The minimum absolute atomic E-state index is 0.226. The van der Waals surface area contributed by atoms with E-state index in [0.29, 0.717) is 24.5 Å². The van der Waals surface area contributed by atoms with Gasteiger partial charge >= 0.3 is 0 Å². The fraction of sp³-hybridized carbons (Fsp3) is 0.524. The van der Waals surface area contributed by atoms with Crippen LogP contribution in [-0.2, 0) is 14.3 Å². The number of amides is 2. The van der Waals surface area contributed by atoms with Crippen molar-refractivity contribution in [2.75, 3.05) is 59.6 Å². The quantitative estimate of drug-likeness (QED) is 0.629. The van der Waals surface area contributed by atoms with Crippen LogP contribution >= 0.6 is 0 Å². The summed E-state index contributed by atoms with van der Waals surface area (Å²) in [6.07, 6.45) is 0. The Hall–Kier alpha value is -2.38. The van der Waals surface area contributed by atoms with Crippen molar-refractivity contribution in [1.29, 1.82) is 0 Å². The number of hydrogen-bond acceptors (Lipinski definition) is 6. The van der Waals surface area contributed by atoms with Crippen LogP contribution in [0.2, 0.25) is 0 Å². The molecule has 0 saturated carbocycles. The van der Waals surface area contributed by atoms with Crippen LogP contribution in [0, 0.1) is 0 Å². The first kappa shape index (κ1) is 20.4. The highest BCUT2D eigenvalue weighted by atomic mass is 16.5. The molecule has 0 atom stereocenters. The Bertz CT molecular complexity index is 737. The predicted molar refractivity (Wildman–Crippen MR) is 107 cm³/mol. The highest BCUT2D eigenvalue weighted by Crippen LogP contribution is 2.32. The third kappa shape index (κ3) is 4.05. The van der Waals surface area contributed by atoms with E-state index in [4.69, 9.17) is 9.47 Å². The zero-order valence-corrected chi connectivity index (χ0v) is 16.9. The van der Waals surface area contributed by atoms with Gasteiger partial charge in [-0.05, 0) is 31.2 Å². The van der Waals surface area contributed by atoms with Crippen molar-refractivity contribution in [2.45, 2.75) is 13.8 Å². The average molecular weight is 387 g/mol. The number of benzene rings is 1. The normalized spacial score (nSPS) is 18.4. The topological polar surface area (TPSA) is 62.3 Å². The first-order chi connectivity index (χ1) is 13.6. The molecular formula is C21H29N3O4. The molecule has 1 fully saturated rings. The van der Waals surface area contributed by atoms with Crippen LogP contribution in [0.25, 0.3) is 5.57 Å². The predicted octanol–water partition coefficient (Wildman–Crippen LogP) is 1.45. The Labute approximate surface area is 166 Å². The third-order valence-corrected chi connectivity index (χ3v) is 5.25. The van der Waals surface area contributed by atoms with Gasteiger partial charge in [0.25, 0.3) is 11.8 Å². The molecule has 7 nitrogen and oxygen atoms in total. The molecule has 7 heteroatoms. The first-order valence-electron chi connectivity index (χ1n) is 9.90.